The van der Waals surface area contributed by atoms with Crippen molar-refractivity contribution < 1.29 is 9.59 Å². The van der Waals surface area contributed by atoms with Gasteiger partial charge in [-0.3, -0.25) is 9.59 Å². The van der Waals surface area contributed by atoms with Crippen molar-refractivity contribution in [1.29, 1.82) is 0 Å². The zero-order valence-corrected chi connectivity index (χ0v) is 15.0. The van der Waals surface area contributed by atoms with Gasteiger partial charge in [0, 0.05) is 24.6 Å². The molecule has 0 unspecified atom stereocenters. The predicted octanol–water partition coefficient (Wildman–Crippen LogP) is 2.46. The Bertz CT molecular complexity index is 751. The fraction of sp³-hybridized carbons (Fsp3) is 0.467. The number of rotatable bonds is 8. The molecule has 3 rings (SSSR count). The molecule has 2 aromatic heterocycles. The quantitative estimate of drug-likeness (QED) is 0.700. The molecule has 1 aliphatic rings. The number of nitrogens with one attached hydrogen (secondary N) is 1. The number of aromatic nitrogens is 3. The number of nitrogens with zero attached hydrogens (tertiary/aromatic N) is 3. The molecule has 3 N–H and O–H groups in total. The van der Waals surface area contributed by atoms with E-state index in [0.717, 1.165) is 17.5 Å². The first kappa shape index (κ1) is 17.0. The van der Waals surface area contributed by atoms with Crippen LogP contribution in [-0.4, -0.2) is 32.3 Å². The van der Waals surface area contributed by atoms with Crippen LogP contribution in [0.3, 0.4) is 0 Å². The number of carbonyl (C=O) groups excluding carboxylic acids is 2. The number of nitrogens with two attached hydrogens (primary N) is 1. The molecular formula is C15H19N5O2S2. The van der Waals surface area contributed by atoms with Gasteiger partial charge in [0.05, 0.1) is 5.56 Å². The Morgan fingerprint density at radius 2 is 2.25 bits per heavy atom. The van der Waals surface area contributed by atoms with Gasteiger partial charge in [0.25, 0.3) is 5.91 Å². The second-order valence-corrected chi connectivity index (χ2v) is 7.51. The lowest BCUT2D eigenvalue weighted by Crippen LogP contribution is -2.16. The maximum Gasteiger partial charge on any atom is 0.251 e. The molecule has 0 aromatic carbocycles. The highest BCUT2D eigenvalue weighted by Crippen LogP contribution is 2.40. The van der Waals surface area contributed by atoms with Gasteiger partial charge in [0.2, 0.25) is 5.91 Å². The molecule has 0 atom stereocenters. The Hall–Kier alpha value is -1.87. The molecule has 2 heterocycles. The molecule has 9 heteroatoms. The monoisotopic (exact) mass is 365 g/mol. The standard InChI is InChI=1S/C15H19N5O2S2/c1-2-20-13(9-3-4-9)18-19-15(20)24-8-6-11(21)17-14-10(12(16)22)5-7-23-14/h5,7,9H,2-4,6,8H2,1H3,(H2,16,22)(H,17,21). The first-order chi connectivity index (χ1) is 11.6. The number of carbonyl (C=O) groups is 2. The summed E-state index contributed by atoms with van der Waals surface area (Å²) in [5.74, 6) is 1.55. The van der Waals surface area contributed by atoms with Crippen LogP contribution >= 0.6 is 23.1 Å². The van der Waals surface area contributed by atoms with Crippen LogP contribution in [0.1, 0.15) is 48.3 Å². The summed E-state index contributed by atoms with van der Waals surface area (Å²) in [6, 6.07) is 1.61. The number of thioether (sulfide) groups is 1. The van der Waals surface area contributed by atoms with Crippen LogP contribution in [0.15, 0.2) is 16.6 Å². The summed E-state index contributed by atoms with van der Waals surface area (Å²) in [6.07, 6.45) is 2.71. The lowest BCUT2D eigenvalue weighted by atomic mass is 10.3. The fourth-order valence-corrected chi connectivity index (χ4v) is 4.13. The number of primary amides is 1. The topological polar surface area (TPSA) is 103 Å². The van der Waals surface area contributed by atoms with Crippen molar-refractivity contribution >= 4 is 39.9 Å². The van der Waals surface area contributed by atoms with Gasteiger partial charge in [-0.25, -0.2) is 0 Å². The molecule has 0 radical (unpaired) electrons. The van der Waals surface area contributed by atoms with E-state index < -0.39 is 5.91 Å². The first-order valence-electron chi connectivity index (χ1n) is 7.83. The highest BCUT2D eigenvalue weighted by atomic mass is 32.2. The second-order valence-electron chi connectivity index (χ2n) is 5.53. The number of anilines is 1. The summed E-state index contributed by atoms with van der Waals surface area (Å²) in [4.78, 5) is 23.3. The number of hydrogen-bond donors (Lipinski definition) is 2. The minimum Gasteiger partial charge on any atom is -0.366 e. The third-order valence-corrected chi connectivity index (χ3v) is 5.55. The summed E-state index contributed by atoms with van der Waals surface area (Å²) in [6.45, 7) is 2.92. The third kappa shape index (κ3) is 3.78. The van der Waals surface area contributed by atoms with Crippen LogP contribution in [-0.2, 0) is 11.3 Å². The van der Waals surface area contributed by atoms with Crippen molar-refractivity contribution in [2.24, 2.45) is 5.73 Å². The fourth-order valence-electron chi connectivity index (χ4n) is 2.37. The summed E-state index contributed by atoms with van der Waals surface area (Å²) in [7, 11) is 0. The Balaban J connectivity index is 1.52. The normalized spacial score (nSPS) is 13.9. The molecule has 0 bridgehead atoms. The zero-order valence-electron chi connectivity index (χ0n) is 13.3. The van der Waals surface area contributed by atoms with E-state index in [1.807, 2.05) is 0 Å². The molecule has 24 heavy (non-hydrogen) atoms. The van der Waals surface area contributed by atoms with E-state index in [9.17, 15) is 9.59 Å². The van der Waals surface area contributed by atoms with Crippen LogP contribution in [0.2, 0.25) is 0 Å². The van der Waals surface area contributed by atoms with E-state index in [2.05, 4.69) is 27.0 Å². The SMILES string of the molecule is CCn1c(SCCC(=O)Nc2sccc2C(N)=O)nnc1C1CC1. The van der Waals surface area contributed by atoms with Crippen molar-refractivity contribution in [1.82, 2.24) is 14.8 Å². The van der Waals surface area contributed by atoms with E-state index in [0.29, 0.717) is 28.7 Å². The minimum absolute atomic E-state index is 0.141. The van der Waals surface area contributed by atoms with E-state index in [1.165, 1.54) is 35.9 Å². The first-order valence-corrected chi connectivity index (χ1v) is 9.69. The smallest absolute Gasteiger partial charge is 0.251 e. The number of hydrogen-bond acceptors (Lipinski definition) is 6. The minimum atomic E-state index is -0.537. The van der Waals surface area contributed by atoms with Crippen LogP contribution in [0.4, 0.5) is 5.00 Å². The van der Waals surface area contributed by atoms with Crippen LogP contribution < -0.4 is 11.1 Å². The van der Waals surface area contributed by atoms with Gasteiger partial charge >= 0.3 is 0 Å². The predicted molar refractivity (Wildman–Crippen MR) is 94.5 cm³/mol. The van der Waals surface area contributed by atoms with Gasteiger partial charge in [-0.1, -0.05) is 11.8 Å². The summed E-state index contributed by atoms with van der Waals surface area (Å²) in [5, 5.41) is 14.4. The highest BCUT2D eigenvalue weighted by molar-refractivity contribution is 7.99. The molecule has 128 valence electrons. The second kappa shape index (κ2) is 7.35. The Morgan fingerprint density at radius 3 is 2.92 bits per heavy atom. The van der Waals surface area contributed by atoms with Gasteiger partial charge in [-0.15, -0.1) is 21.5 Å². The molecule has 0 spiro atoms. The molecular weight excluding hydrogens is 346 g/mol. The number of amides is 2. The van der Waals surface area contributed by atoms with Gasteiger partial charge in [-0.2, -0.15) is 0 Å². The molecule has 0 aliphatic heterocycles. The molecule has 7 nitrogen and oxygen atoms in total. The van der Waals surface area contributed by atoms with E-state index in [-0.39, 0.29) is 5.91 Å². The average molecular weight is 365 g/mol. The van der Waals surface area contributed by atoms with Gasteiger partial charge in [0.15, 0.2) is 5.16 Å². The molecule has 1 fully saturated rings. The largest absolute Gasteiger partial charge is 0.366 e. The van der Waals surface area contributed by atoms with Gasteiger partial charge < -0.3 is 15.6 Å². The maximum atomic E-state index is 12.0. The highest BCUT2D eigenvalue weighted by Gasteiger charge is 2.29. The van der Waals surface area contributed by atoms with Crippen LogP contribution in [0, 0.1) is 0 Å². The van der Waals surface area contributed by atoms with Crippen LogP contribution in [0.25, 0.3) is 0 Å². The Morgan fingerprint density at radius 1 is 1.46 bits per heavy atom. The van der Waals surface area contributed by atoms with Gasteiger partial charge in [-0.05, 0) is 31.2 Å². The van der Waals surface area contributed by atoms with E-state index in [1.54, 1.807) is 11.4 Å². The van der Waals surface area contributed by atoms with Crippen molar-refractivity contribution in [3.8, 4) is 0 Å². The van der Waals surface area contributed by atoms with Crippen molar-refractivity contribution in [2.45, 2.75) is 43.8 Å². The maximum absolute atomic E-state index is 12.0. The molecule has 1 saturated carbocycles. The zero-order chi connectivity index (χ0) is 17.1. The molecule has 2 amide bonds. The van der Waals surface area contributed by atoms with Crippen LogP contribution in [0.5, 0.6) is 0 Å². The van der Waals surface area contributed by atoms with Crippen molar-refractivity contribution in [3.63, 3.8) is 0 Å². The van der Waals surface area contributed by atoms with E-state index >= 15 is 0 Å². The third-order valence-electron chi connectivity index (χ3n) is 3.75. The van der Waals surface area contributed by atoms with Crippen molar-refractivity contribution in [2.75, 3.05) is 11.1 Å². The average Bonchev–Trinajstić information content (AvgIpc) is 3.14. The summed E-state index contributed by atoms with van der Waals surface area (Å²) in [5.41, 5.74) is 5.62. The van der Waals surface area contributed by atoms with E-state index in [4.69, 9.17) is 5.73 Å². The Labute approximate surface area is 148 Å². The molecule has 0 saturated heterocycles. The molecule has 2 aromatic rings. The molecule has 1 aliphatic carbocycles. The lowest BCUT2D eigenvalue weighted by molar-refractivity contribution is -0.115. The number of thiophene rings is 1. The lowest BCUT2D eigenvalue weighted by Gasteiger charge is -2.07. The summed E-state index contributed by atoms with van der Waals surface area (Å²) >= 11 is 2.82. The van der Waals surface area contributed by atoms with Gasteiger partial charge in [0.1, 0.15) is 10.8 Å². The summed E-state index contributed by atoms with van der Waals surface area (Å²) < 4.78 is 2.13. The Kier molecular flexibility index (Phi) is 5.20. The van der Waals surface area contributed by atoms with Crippen molar-refractivity contribution in [3.05, 3.63) is 22.8 Å².